The Morgan fingerprint density at radius 2 is 1.94 bits per heavy atom. The van der Waals surface area contributed by atoms with Crippen molar-refractivity contribution in [3.05, 3.63) is 45.0 Å². The number of ketones is 1. The summed E-state index contributed by atoms with van der Waals surface area (Å²) in [5.41, 5.74) is 4.76. The summed E-state index contributed by atoms with van der Waals surface area (Å²) in [6, 6.07) is 1.83. The molecule has 0 saturated carbocycles. The van der Waals surface area contributed by atoms with Gasteiger partial charge in [-0.25, -0.2) is 0 Å². The maximum absolute atomic E-state index is 12.2. The molecule has 0 spiro atoms. The number of benzene rings is 1. The monoisotopic (exact) mass is 493 g/mol. The first-order valence-electron chi connectivity index (χ1n) is 11.1. The molecule has 0 aromatic heterocycles. The van der Waals surface area contributed by atoms with E-state index in [9.17, 15) is 9.90 Å². The number of carbonyl (C=O) groups excluding carboxylic acids is 1. The van der Waals surface area contributed by atoms with Gasteiger partial charge in [-0.3, -0.25) is 4.79 Å². The zero-order chi connectivity index (χ0) is 23.6. The summed E-state index contributed by atoms with van der Waals surface area (Å²) < 4.78 is 6.21. The molecule has 0 bridgehead atoms. The summed E-state index contributed by atoms with van der Waals surface area (Å²) in [5.74, 6) is 1.09. The van der Waals surface area contributed by atoms with Gasteiger partial charge in [0, 0.05) is 18.9 Å². The number of ether oxygens (including phenoxy) is 1. The van der Waals surface area contributed by atoms with E-state index in [0.717, 1.165) is 48.7 Å². The second-order valence-corrected chi connectivity index (χ2v) is 9.74. The van der Waals surface area contributed by atoms with Crippen molar-refractivity contribution < 1.29 is 14.6 Å². The summed E-state index contributed by atoms with van der Waals surface area (Å²) in [7, 11) is 5.69. The minimum absolute atomic E-state index is 0.108. The van der Waals surface area contributed by atoms with Crippen molar-refractivity contribution in [2.24, 2.45) is 5.92 Å². The second kappa shape index (κ2) is 13.7. The molecule has 1 N–H and O–H groups in total. The minimum atomic E-state index is 0.108. The average molecular weight is 495 g/mol. The van der Waals surface area contributed by atoms with Crippen LogP contribution in [0.15, 0.2) is 33.8 Å². The van der Waals surface area contributed by atoms with Crippen LogP contribution in [0.5, 0.6) is 11.5 Å². The first kappa shape index (κ1) is 27.4. The number of likely N-dealkylation sites (N-methyl/N-ethyl adjacent to an activating group) is 1. The number of rotatable bonds is 13. The number of hydrogen-bond donors (Lipinski definition) is 1. The van der Waals surface area contributed by atoms with Crippen LogP contribution >= 0.6 is 15.9 Å². The van der Waals surface area contributed by atoms with Crippen molar-refractivity contribution in [2.45, 2.75) is 66.2 Å². The number of phenolic OH excluding ortho intramolecular Hbond substituents is 1. The van der Waals surface area contributed by atoms with Gasteiger partial charge in [0.1, 0.15) is 5.78 Å². The Bertz CT molecular complexity index is 792. The zero-order valence-electron chi connectivity index (χ0n) is 20.3. The third-order valence-electron chi connectivity index (χ3n) is 5.47. The summed E-state index contributed by atoms with van der Waals surface area (Å²) in [4.78, 5) is 14.3. The van der Waals surface area contributed by atoms with E-state index in [4.69, 9.17) is 4.74 Å². The Kier molecular flexibility index (Phi) is 12.2. The standard InChI is InChI=1S/C26H40BrNO3/c1-18(2)12-13-23(29)20(4)11-9-8-10-19(3)16-21-17-24(30)26(31-7)25(27)22(21)14-15-28(5)6/h10,12,17,20,30H,8-9,11,13-16H2,1-7H3/t20-/m1/s1. The molecule has 0 aliphatic rings. The van der Waals surface area contributed by atoms with E-state index in [0.29, 0.717) is 18.0 Å². The number of hydrogen-bond acceptors (Lipinski definition) is 4. The van der Waals surface area contributed by atoms with Gasteiger partial charge in [-0.1, -0.05) is 30.2 Å². The number of Topliss-reactive ketones (excluding diaryl/α,β-unsaturated/α-hetero) is 1. The van der Waals surface area contributed by atoms with Gasteiger partial charge in [-0.2, -0.15) is 0 Å². The van der Waals surface area contributed by atoms with Crippen molar-refractivity contribution in [1.82, 2.24) is 4.90 Å². The highest BCUT2D eigenvalue weighted by atomic mass is 79.9. The predicted octanol–water partition coefficient (Wildman–Crippen LogP) is 6.49. The van der Waals surface area contributed by atoms with Gasteiger partial charge in [0.05, 0.1) is 11.6 Å². The maximum Gasteiger partial charge on any atom is 0.174 e. The molecule has 5 heteroatoms. The normalized spacial score (nSPS) is 12.7. The van der Waals surface area contributed by atoms with E-state index >= 15 is 0 Å². The van der Waals surface area contributed by atoms with Crippen molar-refractivity contribution >= 4 is 21.7 Å². The van der Waals surface area contributed by atoms with Crippen molar-refractivity contribution in [1.29, 1.82) is 0 Å². The molecule has 0 saturated heterocycles. The molecule has 0 unspecified atom stereocenters. The van der Waals surface area contributed by atoms with Crippen molar-refractivity contribution in [3.8, 4) is 11.5 Å². The fourth-order valence-electron chi connectivity index (χ4n) is 3.48. The fraction of sp³-hybridized carbons (Fsp3) is 0.577. The Labute approximate surface area is 197 Å². The Balaban J connectivity index is 2.77. The fourth-order valence-corrected chi connectivity index (χ4v) is 4.30. The molecular formula is C26H40BrNO3. The number of carbonyl (C=O) groups is 1. The lowest BCUT2D eigenvalue weighted by Gasteiger charge is -2.18. The highest BCUT2D eigenvalue weighted by Crippen LogP contribution is 2.40. The summed E-state index contributed by atoms with van der Waals surface area (Å²) in [6.45, 7) is 9.14. The van der Waals surface area contributed by atoms with Crippen LogP contribution in [0.25, 0.3) is 0 Å². The van der Waals surface area contributed by atoms with E-state index in [1.54, 1.807) is 7.11 Å². The van der Waals surface area contributed by atoms with Crippen LogP contribution in [0.2, 0.25) is 0 Å². The topological polar surface area (TPSA) is 49.8 Å². The lowest BCUT2D eigenvalue weighted by Crippen LogP contribution is -2.16. The van der Waals surface area contributed by atoms with Gasteiger partial charge in [0.2, 0.25) is 0 Å². The Morgan fingerprint density at radius 3 is 2.52 bits per heavy atom. The van der Waals surface area contributed by atoms with Gasteiger partial charge >= 0.3 is 0 Å². The first-order valence-corrected chi connectivity index (χ1v) is 11.9. The van der Waals surface area contributed by atoms with Crippen molar-refractivity contribution in [3.63, 3.8) is 0 Å². The van der Waals surface area contributed by atoms with Gasteiger partial charge in [-0.15, -0.1) is 0 Å². The highest BCUT2D eigenvalue weighted by molar-refractivity contribution is 9.10. The Hall–Kier alpha value is -1.59. The molecule has 174 valence electrons. The second-order valence-electron chi connectivity index (χ2n) is 8.94. The van der Waals surface area contributed by atoms with Crippen LogP contribution in [0.3, 0.4) is 0 Å². The number of methoxy groups -OCH3 is 1. The molecule has 4 nitrogen and oxygen atoms in total. The molecule has 0 heterocycles. The molecule has 1 rings (SSSR count). The molecule has 0 radical (unpaired) electrons. The number of unbranched alkanes of at least 4 members (excludes halogenated alkanes) is 1. The van der Waals surface area contributed by atoms with Crippen LogP contribution < -0.4 is 4.74 Å². The zero-order valence-corrected chi connectivity index (χ0v) is 21.9. The van der Waals surface area contributed by atoms with Gasteiger partial charge in [0.15, 0.2) is 11.5 Å². The molecule has 1 aromatic carbocycles. The van der Waals surface area contributed by atoms with Gasteiger partial charge in [0.25, 0.3) is 0 Å². The van der Waals surface area contributed by atoms with Crippen LogP contribution in [0, 0.1) is 5.92 Å². The molecule has 1 aromatic rings. The lowest BCUT2D eigenvalue weighted by atomic mass is 9.95. The van der Waals surface area contributed by atoms with E-state index in [1.165, 1.54) is 16.7 Å². The average Bonchev–Trinajstić information content (AvgIpc) is 2.68. The smallest absolute Gasteiger partial charge is 0.174 e. The molecule has 0 amide bonds. The minimum Gasteiger partial charge on any atom is -0.504 e. The summed E-state index contributed by atoms with van der Waals surface area (Å²) in [5, 5.41) is 10.4. The maximum atomic E-state index is 12.2. The largest absolute Gasteiger partial charge is 0.504 e. The van der Waals surface area contributed by atoms with Crippen LogP contribution in [-0.2, 0) is 17.6 Å². The summed E-state index contributed by atoms with van der Waals surface area (Å²) >= 11 is 3.64. The Morgan fingerprint density at radius 1 is 1.26 bits per heavy atom. The number of allylic oxidation sites excluding steroid dienone is 4. The van der Waals surface area contributed by atoms with E-state index < -0.39 is 0 Å². The number of aromatic hydroxyl groups is 1. The first-order chi connectivity index (χ1) is 14.6. The number of halogens is 1. The van der Waals surface area contributed by atoms with E-state index in [2.05, 4.69) is 47.9 Å². The lowest BCUT2D eigenvalue weighted by molar-refractivity contribution is -0.121. The molecule has 0 fully saturated rings. The van der Waals surface area contributed by atoms with Crippen LogP contribution in [0.4, 0.5) is 0 Å². The molecule has 0 aliphatic heterocycles. The van der Waals surface area contributed by atoms with Gasteiger partial charge < -0.3 is 14.7 Å². The molecule has 1 atom stereocenters. The molecular weight excluding hydrogens is 454 g/mol. The van der Waals surface area contributed by atoms with Gasteiger partial charge in [-0.05, 0) is 100 Å². The number of phenols is 1. The SMILES string of the molecule is COc1c(O)cc(CC(C)=CCCC[C@@H](C)C(=O)CC=C(C)C)c(CCN(C)C)c1Br. The molecule has 31 heavy (non-hydrogen) atoms. The predicted molar refractivity (Wildman–Crippen MR) is 134 cm³/mol. The molecule has 0 aliphatic carbocycles. The third-order valence-corrected chi connectivity index (χ3v) is 6.31. The van der Waals surface area contributed by atoms with Crippen LogP contribution in [-0.4, -0.2) is 43.5 Å². The quantitative estimate of drug-likeness (QED) is 0.252. The van der Waals surface area contributed by atoms with E-state index in [-0.39, 0.29) is 11.7 Å². The number of nitrogens with zero attached hydrogens (tertiary/aromatic N) is 1. The third kappa shape index (κ3) is 9.61. The summed E-state index contributed by atoms with van der Waals surface area (Å²) in [6.07, 6.45) is 9.36. The van der Waals surface area contributed by atoms with Crippen LogP contribution in [0.1, 0.15) is 64.5 Å². The van der Waals surface area contributed by atoms with Crippen molar-refractivity contribution in [2.75, 3.05) is 27.7 Å². The van der Waals surface area contributed by atoms with E-state index in [1.807, 2.05) is 32.9 Å². The highest BCUT2D eigenvalue weighted by Gasteiger charge is 2.17.